The quantitative estimate of drug-likeness (QED) is 0.853. The lowest BCUT2D eigenvalue weighted by Gasteiger charge is -2.31. The van der Waals surface area contributed by atoms with Gasteiger partial charge in [-0.1, -0.05) is 28.9 Å². The van der Waals surface area contributed by atoms with Crippen LogP contribution in [-0.2, 0) is 11.3 Å². The van der Waals surface area contributed by atoms with Crippen LogP contribution in [0.2, 0.25) is 0 Å². The average molecular weight is 297 g/mol. The van der Waals surface area contributed by atoms with E-state index < -0.39 is 0 Å². The number of piperidine rings is 1. The Morgan fingerprint density at radius 1 is 1.53 bits per heavy atom. The lowest BCUT2D eigenvalue weighted by atomic mass is 9.98. The van der Waals surface area contributed by atoms with E-state index in [2.05, 4.69) is 15.9 Å². The Kier molecular flexibility index (Phi) is 3.72. The van der Waals surface area contributed by atoms with E-state index in [9.17, 15) is 4.79 Å². The summed E-state index contributed by atoms with van der Waals surface area (Å²) in [6, 6.07) is 5.74. The van der Waals surface area contributed by atoms with Crippen molar-refractivity contribution in [2.24, 2.45) is 5.92 Å². The molecular weight excluding hydrogens is 280 g/mol. The number of carbonyl (C=O) groups is 1. The van der Waals surface area contributed by atoms with Crippen LogP contribution in [0.25, 0.3) is 0 Å². The van der Waals surface area contributed by atoms with Crippen molar-refractivity contribution in [3.05, 3.63) is 28.2 Å². The molecule has 1 atom stereocenters. The highest BCUT2D eigenvalue weighted by Crippen LogP contribution is 2.26. The molecule has 92 valence electrons. The molecule has 17 heavy (non-hydrogen) atoms. The first-order valence-electron chi connectivity index (χ1n) is 5.91. The van der Waals surface area contributed by atoms with Crippen LogP contribution in [0.1, 0.15) is 25.3 Å². The number of nitrogen functional groups attached to an aromatic ring is 1. The molecule has 0 radical (unpaired) electrons. The molecule has 0 aromatic heterocycles. The molecule has 0 bridgehead atoms. The van der Waals surface area contributed by atoms with Gasteiger partial charge in [-0.05, 0) is 25.0 Å². The van der Waals surface area contributed by atoms with Gasteiger partial charge in [-0.2, -0.15) is 0 Å². The van der Waals surface area contributed by atoms with Crippen molar-refractivity contribution in [1.82, 2.24) is 4.90 Å². The van der Waals surface area contributed by atoms with E-state index >= 15 is 0 Å². The van der Waals surface area contributed by atoms with Gasteiger partial charge in [0.25, 0.3) is 0 Å². The van der Waals surface area contributed by atoms with E-state index in [-0.39, 0.29) is 11.8 Å². The molecule has 0 aliphatic carbocycles. The largest absolute Gasteiger partial charge is 0.398 e. The fourth-order valence-electron chi connectivity index (χ4n) is 2.22. The third kappa shape index (κ3) is 2.63. The van der Waals surface area contributed by atoms with Crippen LogP contribution in [0, 0.1) is 5.92 Å². The number of likely N-dealkylation sites (tertiary alicyclic amines) is 1. The maximum atomic E-state index is 12.0. The lowest BCUT2D eigenvalue weighted by Crippen LogP contribution is -2.39. The molecule has 1 aromatic rings. The number of nitrogens with two attached hydrogens (primary N) is 1. The topological polar surface area (TPSA) is 46.3 Å². The predicted octanol–water partition coefficient (Wildman–Crippen LogP) is 2.79. The summed E-state index contributed by atoms with van der Waals surface area (Å²) in [5.41, 5.74) is 7.70. The zero-order valence-corrected chi connectivity index (χ0v) is 11.5. The van der Waals surface area contributed by atoms with Crippen LogP contribution in [-0.4, -0.2) is 17.4 Å². The molecule has 0 saturated carbocycles. The maximum absolute atomic E-state index is 12.0. The zero-order chi connectivity index (χ0) is 12.4. The van der Waals surface area contributed by atoms with Crippen LogP contribution in [0.4, 0.5) is 5.69 Å². The number of hydrogen-bond acceptors (Lipinski definition) is 2. The SMILES string of the molecule is CC1CCCN(Cc2c(N)cccc2Br)C1=O. The highest BCUT2D eigenvalue weighted by molar-refractivity contribution is 9.10. The Balaban J connectivity index is 2.18. The van der Waals surface area contributed by atoms with Gasteiger partial charge in [-0.25, -0.2) is 0 Å². The van der Waals surface area contributed by atoms with Gasteiger partial charge >= 0.3 is 0 Å². The Morgan fingerprint density at radius 3 is 3.00 bits per heavy atom. The van der Waals surface area contributed by atoms with E-state index in [0.29, 0.717) is 6.54 Å². The van der Waals surface area contributed by atoms with E-state index in [0.717, 1.165) is 35.1 Å². The van der Waals surface area contributed by atoms with Crippen LogP contribution in [0.5, 0.6) is 0 Å². The first-order chi connectivity index (χ1) is 8.09. The summed E-state index contributed by atoms with van der Waals surface area (Å²) in [6.07, 6.45) is 2.08. The van der Waals surface area contributed by atoms with Gasteiger partial charge in [0.2, 0.25) is 5.91 Å². The number of hydrogen-bond donors (Lipinski definition) is 1. The molecule has 1 saturated heterocycles. The lowest BCUT2D eigenvalue weighted by molar-refractivity contribution is -0.138. The number of amides is 1. The van der Waals surface area contributed by atoms with Crippen LogP contribution < -0.4 is 5.73 Å². The van der Waals surface area contributed by atoms with Crippen molar-refractivity contribution in [1.29, 1.82) is 0 Å². The molecule has 2 rings (SSSR count). The van der Waals surface area contributed by atoms with Gasteiger partial charge in [0.15, 0.2) is 0 Å². The maximum Gasteiger partial charge on any atom is 0.225 e. The molecule has 0 spiro atoms. The number of halogens is 1. The van der Waals surface area contributed by atoms with Crippen molar-refractivity contribution < 1.29 is 4.79 Å². The Labute approximate surface area is 110 Å². The third-order valence-electron chi connectivity index (χ3n) is 3.30. The fourth-order valence-corrected chi connectivity index (χ4v) is 2.73. The Bertz CT molecular complexity index is 413. The second-order valence-corrected chi connectivity index (χ2v) is 5.47. The minimum absolute atomic E-state index is 0.146. The minimum atomic E-state index is 0.146. The molecule has 1 aromatic carbocycles. The Morgan fingerprint density at radius 2 is 2.29 bits per heavy atom. The first kappa shape index (κ1) is 12.4. The monoisotopic (exact) mass is 296 g/mol. The molecule has 1 fully saturated rings. The summed E-state index contributed by atoms with van der Waals surface area (Å²) < 4.78 is 0.975. The Hall–Kier alpha value is -1.03. The number of rotatable bonds is 2. The summed E-state index contributed by atoms with van der Waals surface area (Å²) >= 11 is 3.49. The molecular formula is C13H17BrN2O. The van der Waals surface area contributed by atoms with E-state index in [1.165, 1.54) is 0 Å². The molecule has 1 heterocycles. The van der Waals surface area contributed by atoms with Crippen LogP contribution >= 0.6 is 15.9 Å². The van der Waals surface area contributed by atoms with Crippen molar-refractivity contribution >= 4 is 27.5 Å². The van der Waals surface area contributed by atoms with Gasteiger partial charge < -0.3 is 10.6 Å². The summed E-state index contributed by atoms with van der Waals surface area (Å²) in [7, 11) is 0. The van der Waals surface area contributed by atoms with Gasteiger partial charge in [0, 0.05) is 34.7 Å². The van der Waals surface area contributed by atoms with Crippen molar-refractivity contribution in [2.45, 2.75) is 26.3 Å². The van der Waals surface area contributed by atoms with Crippen LogP contribution in [0.15, 0.2) is 22.7 Å². The number of benzene rings is 1. The third-order valence-corrected chi connectivity index (χ3v) is 4.05. The molecule has 1 amide bonds. The summed E-state index contributed by atoms with van der Waals surface area (Å²) in [5.74, 6) is 0.388. The summed E-state index contributed by atoms with van der Waals surface area (Å²) in [4.78, 5) is 13.9. The van der Waals surface area contributed by atoms with E-state index in [4.69, 9.17) is 5.73 Å². The fraction of sp³-hybridized carbons (Fsp3) is 0.462. The van der Waals surface area contributed by atoms with E-state index in [1.807, 2.05) is 30.0 Å². The molecule has 2 N–H and O–H groups in total. The second-order valence-electron chi connectivity index (χ2n) is 4.61. The first-order valence-corrected chi connectivity index (χ1v) is 6.70. The predicted molar refractivity (Wildman–Crippen MR) is 72.4 cm³/mol. The number of nitrogens with zero attached hydrogens (tertiary/aromatic N) is 1. The second kappa shape index (κ2) is 5.08. The molecule has 4 heteroatoms. The van der Waals surface area contributed by atoms with Crippen molar-refractivity contribution in [3.8, 4) is 0 Å². The molecule has 1 aliphatic heterocycles. The molecule has 3 nitrogen and oxygen atoms in total. The highest BCUT2D eigenvalue weighted by Gasteiger charge is 2.25. The van der Waals surface area contributed by atoms with Crippen molar-refractivity contribution in [3.63, 3.8) is 0 Å². The minimum Gasteiger partial charge on any atom is -0.398 e. The van der Waals surface area contributed by atoms with Gasteiger partial charge in [-0.3, -0.25) is 4.79 Å². The zero-order valence-electron chi connectivity index (χ0n) is 9.95. The van der Waals surface area contributed by atoms with Gasteiger partial charge in [0.1, 0.15) is 0 Å². The number of anilines is 1. The normalized spacial score (nSPS) is 20.7. The van der Waals surface area contributed by atoms with Gasteiger partial charge in [0.05, 0.1) is 0 Å². The summed E-state index contributed by atoms with van der Waals surface area (Å²) in [6.45, 7) is 3.44. The van der Waals surface area contributed by atoms with E-state index in [1.54, 1.807) is 0 Å². The smallest absolute Gasteiger partial charge is 0.225 e. The molecule has 1 aliphatic rings. The number of carbonyl (C=O) groups excluding carboxylic acids is 1. The molecule has 1 unspecified atom stereocenters. The summed E-state index contributed by atoms with van der Waals surface area (Å²) in [5, 5.41) is 0. The standard InChI is InChI=1S/C13H17BrN2O/c1-9-4-3-7-16(13(9)17)8-10-11(14)5-2-6-12(10)15/h2,5-6,9H,3-4,7-8,15H2,1H3. The van der Waals surface area contributed by atoms with Gasteiger partial charge in [-0.15, -0.1) is 0 Å². The van der Waals surface area contributed by atoms with Crippen LogP contribution in [0.3, 0.4) is 0 Å². The highest BCUT2D eigenvalue weighted by atomic mass is 79.9. The van der Waals surface area contributed by atoms with Crippen molar-refractivity contribution in [2.75, 3.05) is 12.3 Å². The average Bonchev–Trinajstić information content (AvgIpc) is 2.29.